The topological polar surface area (TPSA) is 127 Å². The molecular weight excluding hydrogens is 478 g/mol. The predicted octanol–water partition coefficient (Wildman–Crippen LogP) is 4.47. The second-order valence-corrected chi connectivity index (χ2v) is 10.6. The Bertz CT molecular complexity index is 1140. The maximum Gasteiger partial charge on any atom is 0.410 e. The first-order valence-electron chi connectivity index (χ1n) is 12.4. The summed E-state index contributed by atoms with van der Waals surface area (Å²) in [7, 11) is 1.65. The highest BCUT2D eigenvalue weighted by Gasteiger charge is 2.34. The molecule has 3 rings (SSSR count). The van der Waals surface area contributed by atoms with Gasteiger partial charge >= 0.3 is 12.2 Å². The highest BCUT2D eigenvalue weighted by atomic mass is 16.6. The molecule has 3 amide bonds. The molecule has 0 spiro atoms. The molecule has 0 bridgehead atoms. The zero-order valence-corrected chi connectivity index (χ0v) is 22.8. The number of carbonyl (C=O) groups is 3. The SMILES string of the molecule is CC(=O)N1c2ccc(-c3nc(CCN(C)C(=O)OC(C)(C)C)no3)cc2[C@H](NC(=O)OC(C)C)C[C@@H]1C. The van der Waals surface area contributed by atoms with E-state index in [-0.39, 0.29) is 24.1 Å². The molecule has 0 radical (unpaired) electrons. The van der Waals surface area contributed by atoms with Crippen molar-refractivity contribution in [2.75, 3.05) is 18.5 Å². The number of hydrogen-bond donors (Lipinski definition) is 1. The van der Waals surface area contributed by atoms with Crippen molar-refractivity contribution in [3.8, 4) is 11.5 Å². The van der Waals surface area contributed by atoms with E-state index in [1.165, 1.54) is 11.8 Å². The van der Waals surface area contributed by atoms with Gasteiger partial charge in [-0.25, -0.2) is 9.59 Å². The average molecular weight is 516 g/mol. The van der Waals surface area contributed by atoms with Crippen LogP contribution in [0.5, 0.6) is 0 Å². The van der Waals surface area contributed by atoms with Gasteiger partial charge < -0.3 is 29.1 Å². The maximum atomic E-state index is 12.4. The number of hydrogen-bond acceptors (Lipinski definition) is 8. The largest absolute Gasteiger partial charge is 0.447 e. The van der Waals surface area contributed by atoms with Crippen LogP contribution in [0, 0.1) is 0 Å². The standard InChI is InChI=1S/C26H37N5O6/c1-15(2)35-24(33)27-20-13-16(3)31(17(4)32)21-10-9-18(14-19(20)21)23-28-22(29-37-23)11-12-30(8)25(34)36-26(5,6)7/h9-10,14-16,20H,11-13H2,1-8H3,(H,27,33)/t16-,20+/m0/s1. The number of benzene rings is 1. The monoisotopic (exact) mass is 515 g/mol. The van der Waals surface area contributed by atoms with Crippen LogP contribution in [0.25, 0.3) is 11.5 Å². The Kier molecular flexibility index (Phi) is 8.45. The van der Waals surface area contributed by atoms with E-state index < -0.39 is 17.8 Å². The van der Waals surface area contributed by atoms with Crippen LogP contribution in [-0.2, 0) is 20.7 Å². The van der Waals surface area contributed by atoms with Crippen molar-refractivity contribution < 1.29 is 28.4 Å². The summed E-state index contributed by atoms with van der Waals surface area (Å²) in [6, 6.07) is 5.00. The molecule has 0 saturated carbocycles. The second-order valence-electron chi connectivity index (χ2n) is 10.6. The van der Waals surface area contributed by atoms with E-state index in [1.54, 1.807) is 31.9 Å². The molecule has 202 valence electrons. The average Bonchev–Trinajstić information content (AvgIpc) is 3.24. The van der Waals surface area contributed by atoms with E-state index in [4.69, 9.17) is 14.0 Å². The van der Waals surface area contributed by atoms with Crippen molar-refractivity contribution in [1.82, 2.24) is 20.4 Å². The first-order valence-corrected chi connectivity index (χ1v) is 12.4. The third-order valence-electron chi connectivity index (χ3n) is 5.75. The molecule has 37 heavy (non-hydrogen) atoms. The summed E-state index contributed by atoms with van der Waals surface area (Å²) in [5.41, 5.74) is 1.55. The van der Waals surface area contributed by atoms with Crippen molar-refractivity contribution in [1.29, 1.82) is 0 Å². The smallest absolute Gasteiger partial charge is 0.410 e. The van der Waals surface area contributed by atoms with Crippen LogP contribution < -0.4 is 10.2 Å². The van der Waals surface area contributed by atoms with Crippen molar-refractivity contribution in [2.45, 2.75) is 85.1 Å². The first kappa shape index (κ1) is 27.9. The zero-order valence-electron chi connectivity index (χ0n) is 22.8. The number of nitrogens with zero attached hydrogens (tertiary/aromatic N) is 4. The van der Waals surface area contributed by atoms with E-state index in [0.717, 1.165) is 5.56 Å². The number of rotatable bonds is 6. The summed E-state index contributed by atoms with van der Waals surface area (Å²) in [6.45, 7) is 12.8. The number of ether oxygens (including phenoxy) is 2. The van der Waals surface area contributed by atoms with Crippen LogP contribution in [0.4, 0.5) is 15.3 Å². The quantitative estimate of drug-likeness (QED) is 0.597. The summed E-state index contributed by atoms with van der Waals surface area (Å²) in [4.78, 5) is 44.6. The van der Waals surface area contributed by atoms with Crippen molar-refractivity contribution in [2.24, 2.45) is 0 Å². The van der Waals surface area contributed by atoms with Gasteiger partial charge in [0.25, 0.3) is 5.89 Å². The normalized spacial score (nSPS) is 17.3. The molecule has 1 N–H and O–H groups in total. The van der Waals surface area contributed by atoms with Gasteiger partial charge in [-0.15, -0.1) is 0 Å². The van der Waals surface area contributed by atoms with Crippen LogP contribution in [0.15, 0.2) is 22.7 Å². The summed E-state index contributed by atoms with van der Waals surface area (Å²) in [5, 5.41) is 6.97. The van der Waals surface area contributed by atoms with Gasteiger partial charge in [-0.05, 0) is 71.7 Å². The molecule has 11 heteroatoms. The summed E-state index contributed by atoms with van der Waals surface area (Å²) >= 11 is 0. The van der Waals surface area contributed by atoms with Gasteiger partial charge in [0.2, 0.25) is 5.91 Å². The second kappa shape index (κ2) is 11.2. The Morgan fingerprint density at radius 1 is 1.27 bits per heavy atom. The van der Waals surface area contributed by atoms with Crippen molar-refractivity contribution in [3.05, 3.63) is 29.6 Å². The lowest BCUT2D eigenvalue weighted by molar-refractivity contribution is -0.117. The maximum absolute atomic E-state index is 12.4. The van der Waals surface area contributed by atoms with Gasteiger partial charge in [-0.2, -0.15) is 4.98 Å². The number of fused-ring (bicyclic) bond motifs is 1. The molecule has 0 saturated heterocycles. The Morgan fingerprint density at radius 3 is 2.59 bits per heavy atom. The Balaban J connectivity index is 1.81. The lowest BCUT2D eigenvalue weighted by Gasteiger charge is -2.39. The fourth-order valence-corrected chi connectivity index (χ4v) is 4.18. The van der Waals surface area contributed by atoms with Crippen molar-refractivity contribution in [3.63, 3.8) is 0 Å². The number of alkyl carbamates (subject to hydrolysis) is 1. The van der Waals surface area contributed by atoms with Crippen LogP contribution >= 0.6 is 0 Å². The lowest BCUT2D eigenvalue weighted by Crippen LogP contribution is -2.45. The summed E-state index contributed by atoms with van der Waals surface area (Å²) in [6.07, 6.45) is -0.300. The minimum atomic E-state index is -0.578. The van der Waals surface area contributed by atoms with Crippen LogP contribution in [0.2, 0.25) is 0 Å². The minimum Gasteiger partial charge on any atom is -0.447 e. The van der Waals surface area contributed by atoms with E-state index >= 15 is 0 Å². The number of amides is 3. The molecule has 2 aromatic rings. The number of nitrogens with one attached hydrogen (secondary N) is 1. The van der Waals surface area contributed by atoms with Gasteiger partial charge in [-0.1, -0.05) is 5.16 Å². The fourth-order valence-electron chi connectivity index (χ4n) is 4.18. The highest BCUT2D eigenvalue weighted by Crippen LogP contribution is 2.39. The van der Waals surface area contributed by atoms with E-state index in [0.29, 0.717) is 42.4 Å². The fraction of sp³-hybridized carbons (Fsp3) is 0.577. The van der Waals surface area contributed by atoms with Crippen LogP contribution in [-0.4, -0.2) is 64.5 Å². The number of likely N-dealkylation sites (N-methyl/N-ethyl adjacent to an activating group) is 1. The molecule has 0 unspecified atom stereocenters. The molecule has 1 aliphatic rings. The Labute approximate surface area is 217 Å². The predicted molar refractivity (Wildman–Crippen MR) is 137 cm³/mol. The molecular formula is C26H37N5O6. The van der Waals surface area contributed by atoms with E-state index in [2.05, 4.69) is 15.5 Å². The molecule has 11 nitrogen and oxygen atoms in total. The zero-order chi connectivity index (χ0) is 27.5. The van der Waals surface area contributed by atoms with E-state index in [1.807, 2.05) is 39.8 Å². The molecule has 1 aliphatic heterocycles. The Hall–Kier alpha value is -3.63. The van der Waals surface area contributed by atoms with Gasteiger partial charge in [0.1, 0.15) is 5.60 Å². The Morgan fingerprint density at radius 2 is 1.97 bits per heavy atom. The summed E-state index contributed by atoms with van der Waals surface area (Å²) < 4.78 is 16.1. The van der Waals surface area contributed by atoms with Gasteiger partial charge in [0, 0.05) is 44.2 Å². The lowest BCUT2D eigenvalue weighted by atomic mass is 9.90. The molecule has 2 heterocycles. The summed E-state index contributed by atoms with van der Waals surface area (Å²) in [5.74, 6) is 0.658. The van der Waals surface area contributed by atoms with Gasteiger partial charge in [0.15, 0.2) is 5.82 Å². The van der Waals surface area contributed by atoms with E-state index in [9.17, 15) is 14.4 Å². The molecule has 0 fully saturated rings. The van der Waals surface area contributed by atoms with Crippen molar-refractivity contribution >= 4 is 23.8 Å². The van der Waals surface area contributed by atoms with Crippen LogP contribution in [0.1, 0.15) is 72.3 Å². The third kappa shape index (κ3) is 7.21. The number of anilines is 1. The third-order valence-corrected chi connectivity index (χ3v) is 5.75. The molecule has 2 atom stereocenters. The number of carbonyl (C=O) groups excluding carboxylic acids is 3. The van der Waals surface area contributed by atoms with Crippen LogP contribution in [0.3, 0.4) is 0 Å². The molecule has 0 aliphatic carbocycles. The minimum absolute atomic E-state index is 0.0844. The highest BCUT2D eigenvalue weighted by molar-refractivity contribution is 5.94. The number of aromatic nitrogens is 2. The molecule has 1 aromatic heterocycles. The first-order chi connectivity index (χ1) is 17.2. The molecule has 1 aromatic carbocycles. The van der Waals surface area contributed by atoms with Gasteiger partial charge in [0.05, 0.1) is 12.1 Å². The van der Waals surface area contributed by atoms with Gasteiger partial charge in [-0.3, -0.25) is 4.79 Å².